The van der Waals surface area contributed by atoms with E-state index in [0.717, 1.165) is 0 Å². The number of benzene rings is 2. The molecular formula is C25H27NO8. The summed E-state index contributed by atoms with van der Waals surface area (Å²) in [7, 11) is 4.56. The molecule has 34 heavy (non-hydrogen) atoms. The second-order valence-corrected chi connectivity index (χ2v) is 7.78. The fourth-order valence-corrected chi connectivity index (χ4v) is 4.29. The van der Waals surface area contributed by atoms with Gasteiger partial charge in [-0.25, -0.2) is 0 Å². The van der Waals surface area contributed by atoms with Gasteiger partial charge in [-0.2, -0.15) is 0 Å². The molecule has 0 spiro atoms. The van der Waals surface area contributed by atoms with Crippen molar-refractivity contribution < 1.29 is 38.4 Å². The van der Waals surface area contributed by atoms with Gasteiger partial charge >= 0.3 is 0 Å². The number of nitrogens with zero attached hydrogens (tertiary/aromatic N) is 1. The Hall–Kier alpha value is -3.72. The summed E-state index contributed by atoms with van der Waals surface area (Å²) < 4.78 is 27.3. The summed E-state index contributed by atoms with van der Waals surface area (Å²) in [6.45, 7) is 1.47. The van der Waals surface area contributed by atoms with Crippen molar-refractivity contribution in [1.29, 1.82) is 0 Å². The van der Waals surface area contributed by atoms with Gasteiger partial charge in [-0.05, 0) is 30.7 Å². The molecule has 0 bridgehead atoms. The van der Waals surface area contributed by atoms with Gasteiger partial charge in [-0.15, -0.1) is 0 Å². The Morgan fingerprint density at radius 2 is 1.82 bits per heavy atom. The van der Waals surface area contributed by atoms with Crippen LogP contribution in [-0.2, 0) is 14.3 Å². The Bertz CT molecular complexity index is 1130. The lowest BCUT2D eigenvalue weighted by atomic mass is 9.94. The maximum atomic E-state index is 13.2. The maximum absolute atomic E-state index is 13.2. The zero-order chi connectivity index (χ0) is 24.2. The van der Waals surface area contributed by atoms with Crippen LogP contribution in [-0.4, -0.2) is 69.4 Å². The van der Waals surface area contributed by atoms with Gasteiger partial charge in [0, 0.05) is 31.4 Å². The summed E-state index contributed by atoms with van der Waals surface area (Å²) >= 11 is 0. The molecule has 9 heteroatoms. The molecule has 1 saturated heterocycles. The van der Waals surface area contributed by atoms with Crippen LogP contribution >= 0.6 is 0 Å². The van der Waals surface area contributed by atoms with E-state index in [9.17, 15) is 14.7 Å². The molecule has 1 amide bonds. The van der Waals surface area contributed by atoms with Crippen LogP contribution in [0.2, 0.25) is 0 Å². The number of ether oxygens (including phenoxy) is 5. The molecule has 1 fully saturated rings. The van der Waals surface area contributed by atoms with Crippen molar-refractivity contribution >= 4 is 17.4 Å². The highest BCUT2D eigenvalue weighted by Gasteiger charge is 2.47. The van der Waals surface area contributed by atoms with Gasteiger partial charge in [0.15, 0.2) is 23.0 Å². The van der Waals surface area contributed by atoms with Gasteiger partial charge in [-0.1, -0.05) is 12.1 Å². The predicted molar refractivity (Wildman–Crippen MR) is 122 cm³/mol. The lowest BCUT2D eigenvalue weighted by Crippen LogP contribution is -2.31. The zero-order valence-electron chi connectivity index (χ0n) is 19.3. The van der Waals surface area contributed by atoms with E-state index in [1.54, 1.807) is 43.5 Å². The molecule has 2 aromatic carbocycles. The molecule has 180 valence electrons. The first-order chi connectivity index (χ1) is 16.5. The van der Waals surface area contributed by atoms with E-state index < -0.39 is 17.7 Å². The van der Waals surface area contributed by atoms with Crippen LogP contribution in [0.5, 0.6) is 23.0 Å². The largest absolute Gasteiger partial charge is 0.507 e. The molecule has 4 rings (SSSR count). The van der Waals surface area contributed by atoms with Crippen molar-refractivity contribution in [3.63, 3.8) is 0 Å². The number of rotatable bonds is 8. The lowest BCUT2D eigenvalue weighted by Gasteiger charge is -2.27. The third-order valence-electron chi connectivity index (χ3n) is 5.83. The highest BCUT2D eigenvalue weighted by atomic mass is 16.6. The highest BCUT2D eigenvalue weighted by molar-refractivity contribution is 6.46. The quantitative estimate of drug-likeness (QED) is 0.272. The number of fused-ring (bicyclic) bond motifs is 1. The van der Waals surface area contributed by atoms with Gasteiger partial charge in [0.25, 0.3) is 11.7 Å². The van der Waals surface area contributed by atoms with Crippen LogP contribution in [0.1, 0.15) is 23.6 Å². The number of likely N-dealkylation sites (tertiary alicyclic amines) is 1. The molecule has 0 aliphatic carbocycles. The Balaban J connectivity index is 1.87. The number of ketones is 1. The third kappa shape index (κ3) is 4.14. The number of amides is 1. The summed E-state index contributed by atoms with van der Waals surface area (Å²) in [5.41, 5.74) is 0.828. The van der Waals surface area contributed by atoms with Crippen molar-refractivity contribution in [3.8, 4) is 23.0 Å². The monoisotopic (exact) mass is 469 g/mol. The van der Waals surface area contributed by atoms with Crippen LogP contribution in [0, 0.1) is 0 Å². The molecular weight excluding hydrogens is 442 g/mol. The van der Waals surface area contributed by atoms with Crippen LogP contribution < -0.4 is 18.9 Å². The van der Waals surface area contributed by atoms with E-state index in [2.05, 4.69) is 0 Å². The minimum atomic E-state index is -0.880. The SMILES string of the molecule is COCCCN1C(=O)C(=O)C(=C(O)c2ccc3c(c2)OCCO3)C1c1cccc(OC)c1OC. The maximum Gasteiger partial charge on any atom is 0.295 e. The zero-order valence-corrected chi connectivity index (χ0v) is 19.3. The van der Waals surface area contributed by atoms with E-state index in [0.29, 0.717) is 60.4 Å². The average molecular weight is 469 g/mol. The van der Waals surface area contributed by atoms with E-state index in [1.807, 2.05) is 0 Å². The Labute approximate surface area is 197 Å². The minimum absolute atomic E-state index is 0.0364. The van der Waals surface area contributed by atoms with Crippen molar-refractivity contribution in [3.05, 3.63) is 53.1 Å². The van der Waals surface area contributed by atoms with Gasteiger partial charge < -0.3 is 33.7 Å². The van der Waals surface area contributed by atoms with Crippen molar-refractivity contribution in [1.82, 2.24) is 4.90 Å². The van der Waals surface area contributed by atoms with E-state index >= 15 is 0 Å². The normalized spacial score (nSPS) is 18.8. The first-order valence-electron chi connectivity index (χ1n) is 10.9. The van der Waals surface area contributed by atoms with Gasteiger partial charge in [0.05, 0.1) is 25.8 Å². The Morgan fingerprint density at radius 3 is 2.53 bits per heavy atom. The Kier molecular flexibility index (Phi) is 6.93. The minimum Gasteiger partial charge on any atom is -0.507 e. The highest BCUT2D eigenvalue weighted by Crippen LogP contribution is 2.46. The predicted octanol–water partition coefficient (Wildman–Crippen LogP) is 2.93. The fourth-order valence-electron chi connectivity index (χ4n) is 4.29. The van der Waals surface area contributed by atoms with Crippen LogP contribution in [0.25, 0.3) is 5.76 Å². The molecule has 2 aliphatic heterocycles. The number of methoxy groups -OCH3 is 3. The third-order valence-corrected chi connectivity index (χ3v) is 5.83. The lowest BCUT2D eigenvalue weighted by molar-refractivity contribution is -0.140. The molecule has 0 aromatic heterocycles. The number of aliphatic hydroxyl groups excluding tert-OH is 1. The number of para-hydroxylation sites is 1. The van der Waals surface area contributed by atoms with Crippen molar-refractivity contribution in [2.24, 2.45) is 0 Å². The van der Waals surface area contributed by atoms with Crippen LogP contribution in [0.3, 0.4) is 0 Å². The Morgan fingerprint density at radius 1 is 1.06 bits per heavy atom. The summed E-state index contributed by atoms with van der Waals surface area (Å²) in [4.78, 5) is 27.7. The number of Topliss-reactive ketones (excluding diaryl/α,β-unsaturated/α-hetero) is 1. The molecule has 0 radical (unpaired) electrons. The van der Waals surface area contributed by atoms with Crippen LogP contribution in [0.15, 0.2) is 42.0 Å². The summed E-state index contributed by atoms with van der Waals surface area (Å²) in [6.07, 6.45) is 0.510. The van der Waals surface area contributed by atoms with Gasteiger partial charge in [0.2, 0.25) is 0 Å². The smallest absolute Gasteiger partial charge is 0.295 e. The molecule has 2 heterocycles. The molecule has 9 nitrogen and oxygen atoms in total. The second-order valence-electron chi connectivity index (χ2n) is 7.78. The first-order valence-corrected chi connectivity index (χ1v) is 10.9. The first kappa shape index (κ1) is 23.4. The topological polar surface area (TPSA) is 104 Å². The number of hydrogen-bond donors (Lipinski definition) is 1. The molecule has 1 unspecified atom stereocenters. The summed E-state index contributed by atoms with van der Waals surface area (Å²) in [6, 6.07) is 9.23. The summed E-state index contributed by atoms with van der Waals surface area (Å²) in [5.74, 6) is 0.0432. The fraction of sp³-hybridized carbons (Fsp3) is 0.360. The van der Waals surface area contributed by atoms with Gasteiger partial charge in [-0.3, -0.25) is 9.59 Å². The van der Waals surface area contributed by atoms with Crippen molar-refractivity contribution in [2.75, 3.05) is 47.7 Å². The molecule has 1 N–H and O–H groups in total. The summed E-state index contributed by atoms with van der Waals surface area (Å²) in [5, 5.41) is 11.3. The molecule has 0 saturated carbocycles. The molecule has 2 aromatic rings. The molecule has 1 atom stereocenters. The molecule has 2 aliphatic rings. The van der Waals surface area contributed by atoms with E-state index in [-0.39, 0.29) is 17.9 Å². The van der Waals surface area contributed by atoms with E-state index in [4.69, 9.17) is 23.7 Å². The van der Waals surface area contributed by atoms with Crippen molar-refractivity contribution in [2.45, 2.75) is 12.5 Å². The second kappa shape index (κ2) is 10.0. The van der Waals surface area contributed by atoms with Gasteiger partial charge in [0.1, 0.15) is 19.0 Å². The average Bonchev–Trinajstić information content (AvgIpc) is 3.12. The number of carbonyl (C=O) groups is 2. The van der Waals surface area contributed by atoms with E-state index in [1.165, 1.54) is 19.1 Å². The standard InChI is InChI=1S/C25H27NO8/c1-30-11-5-10-26-21(16-6-4-7-18(31-2)24(16)32-3)20(23(28)25(26)29)22(27)15-8-9-17-19(14-15)34-13-12-33-17/h4,6-9,14,21,27H,5,10-13H2,1-3H3. The number of hydrogen-bond acceptors (Lipinski definition) is 8. The number of aliphatic hydroxyl groups is 1. The number of carbonyl (C=O) groups excluding carboxylic acids is 2. The van der Waals surface area contributed by atoms with Crippen LogP contribution in [0.4, 0.5) is 0 Å².